The van der Waals surface area contributed by atoms with E-state index in [1.807, 2.05) is 0 Å². The second-order valence-electron chi connectivity index (χ2n) is 9.88. The fraction of sp³-hybridized carbons (Fsp3) is 0.630. The summed E-state index contributed by atoms with van der Waals surface area (Å²) in [5.41, 5.74) is 3.84. The van der Waals surface area contributed by atoms with E-state index in [9.17, 15) is 4.79 Å². The normalized spacial score (nSPS) is 18.9. The van der Waals surface area contributed by atoms with Crippen LogP contribution in [0.2, 0.25) is 0 Å². The van der Waals surface area contributed by atoms with Crippen LogP contribution < -0.4 is 0 Å². The van der Waals surface area contributed by atoms with Crippen LogP contribution in [-0.2, 0) is 24.2 Å². The second kappa shape index (κ2) is 11.1. The number of benzene rings is 1. The highest BCUT2D eigenvalue weighted by molar-refractivity contribution is 5.76. The van der Waals surface area contributed by atoms with Crippen molar-refractivity contribution < 1.29 is 4.79 Å². The van der Waals surface area contributed by atoms with Crippen LogP contribution in [0.25, 0.3) is 0 Å². The Morgan fingerprint density at radius 3 is 2.38 bits per heavy atom. The number of carbonyl (C=O) groups excluding carboxylic acids is 1. The van der Waals surface area contributed by atoms with Crippen molar-refractivity contribution in [1.29, 1.82) is 0 Å². The molecule has 5 heteroatoms. The van der Waals surface area contributed by atoms with Gasteiger partial charge in [0.1, 0.15) is 5.82 Å². The molecule has 2 aliphatic rings. The van der Waals surface area contributed by atoms with Gasteiger partial charge in [-0.1, -0.05) is 37.3 Å². The van der Waals surface area contributed by atoms with Crippen LogP contribution >= 0.6 is 0 Å². The van der Waals surface area contributed by atoms with E-state index in [4.69, 9.17) is 4.98 Å². The van der Waals surface area contributed by atoms with E-state index in [-0.39, 0.29) is 0 Å². The van der Waals surface area contributed by atoms with Crippen molar-refractivity contribution in [2.75, 3.05) is 26.2 Å². The van der Waals surface area contributed by atoms with Crippen molar-refractivity contribution in [3.05, 3.63) is 53.1 Å². The molecule has 0 radical (unpaired) electrons. The van der Waals surface area contributed by atoms with Gasteiger partial charge in [-0.3, -0.25) is 9.69 Å². The lowest BCUT2D eigenvalue weighted by Crippen LogP contribution is -2.39. The first-order valence-electron chi connectivity index (χ1n) is 12.7. The van der Waals surface area contributed by atoms with E-state index in [0.29, 0.717) is 11.8 Å². The molecule has 0 unspecified atom stereocenters. The summed E-state index contributed by atoms with van der Waals surface area (Å²) in [6, 6.07) is 10.8. The molecule has 1 aromatic carbocycles. The average molecular weight is 437 g/mol. The van der Waals surface area contributed by atoms with Gasteiger partial charge in [-0.2, -0.15) is 0 Å². The maximum atomic E-state index is 12.8. The van der Waals surface area contributed by atoms with E-state index in [1.54, 1.807) is 0 Å². The van der Waals surface area contributed by atoms with Gasteiger partial charge in [0.2, 0.25) is 5.91 Å². The Morgan fingerprint density at radius 2 is 1.72 bits per heavy atom. The summed E-state index contributed by atoms with van der Waals surface area (Å²) in [5.74, 6) is 2.88. The predicted octanol–water partition coefficient (Wildman–Crippen LogP) is 4.75. The molecule has 3 heterocycles. The number of nitrogens with one attached hydrogen (secondary N) is 1. The fourth-order valence-electron chi connectivity index (χ4n) is 5.35. The van der Waals surface area contributed by atoms with E-state index in [0.717, 1.165) is 83.0 Å². The van der Waals surface area contributed by atoms with Crippen LogP contribution in [0.1, 0.15) is 68.2 Å². The Morgan fingerprint density at radius 1 is 1.03 bits per heavy atom. The Kier molecular flexibility index (Phi) is 8.01. The highest BCUT2D eigenvalue weighted by Crippen LogP contribution is 2.26. The van der Waals surface area contributed by atoms with Gasteiger partial charge in [0, 0.05) is 38.2 Å². The summed E-state index contributed by atoms with van der Waals surface area (Å²) in [6.45, 7) is 9.35. The van der Waals surface area contributed by atoms with Gasteiger partial charge in [-0.25, -0.2) is 4.98 Å². The summed E-state index contributed by atoms with van der Waals surface area (Å²) in [5, 5.41) is 0. The number of aromatic amines is 1. The lowest BCUT2D eigenvalue weighted by molar-refractivity contribution is -0.133. The lowest BCUT2D eigenvalue weighted by atomic mass is 9.89. The Bertz CT molecular complexity index is 846. The first-order valence-corrected chi connectivity index (χ1v) is 12.7. The zero-order valence-electron chi connectivity index (χ0n) is 20.0. The van der Waals surface area contributed by atoms with Gasteiger partial charge < -0.3 is 9.88 Å². The van der Waals surface area contributed by atoms with Gasteiger partial charge in [-0.05, 0) is 75.9 Å². The summed E-state index contributed by atoms with van der Waals surface area (Å²) >= 11 is 0. The summed E-state index contributed by atoms with van der Waals surface area (Å²) in [6.07, 6.45) is 8.59. The predicted molar refractivity (Wildman–Crippen MR) is 129 cm³/mol. The topological polar surface area (TPSA) is 52.2 Å². The maximum absolute atomic E-state index is 12.8. The molecule has 0 aliphatic carbocycles. The number of amides is 1. The van der Waals surface area contributed by atoms with Crippen molar-refractivity contribution in [3.63, 3.8) is 0 Å². The number of imidazole rings is 1. The molecule has 1 aromatic heterocycles. The molecule has 0 bridgehead atoms. The van der Waals surface area contributed by atoms with Crippen LogP contribution in [-0.4, -0.2) is 51.9 Å². The van der Waals surface area contributed by atoms with E-state index in [2.05, 4.69) is 59.0 Å². The highest BCUT2D eigenvalue weighted by atomic mass is 16.2. The fourth-order valence-corrected chi connectivity index (χ4v) is 5.35. The lowest BCUT2D eigenvalue weighted by Gasteiger charge is -2.34. The Balaban J connectivity index is 1.13. The van der Waals surface area contributed by atoms with Crippen LogP contribution in [0.4, 0.5) is 0 Å². The number of hydrogen-bond donors (Lipinski definition) is 1. The Labute approximate surface area is 193 Å². The zero-order valence-corrected chi connectivity index (χ0v) is 20.0. The van der Waals surface area contributed by atoms with Crippen LogP contribution in [0.15, 0.2) is 30.3 Å². The summed E-state index contributed by atoms with van der Waals surface area (Å²) in [7, 11) is 0. The van der Waals surface area contributed by atoms with Gasteiger partial charge in [-0.15, -0.1) is 0 Å². The molecular formula is C27H40N4O. The van der Waals surface area contributed by atoms with Crippen LogP contribution in [0.5, 0.6) is 0 Å². The number of aromatic nitrogens is 2. The molecule has 0 atom stereocenters. The minimum absolute atomic E-state index is 0.379. The van der Waals surface area contributed by atoms with Crippen molar-refractivity contribution in [1.82, 2.24) is 19.8 Å². The minimum atomic E-state index is 0.379. The zero-order chi connectivity index (χ0) is 22.3. The van der Waals surface area contributed by atoms with Gasteiger partial charge in [0.15, 0.2) is 0 Å². The standard InChI is InChI=1S/C27H40N4O/c1-3-26-28-21(2)25(29-26)20-30-15-11-22(12-16-30)9-10-27(32)31-17-13-24(14-18-31)19-23-7-5-4-6-8-23/h4-8,22,24H,3,9-20H2,1-2H3,(H,28,29). The average Bonchev–Trinajstić information content (AvgIpc) is 3.19. The van der Waals surface area contributed by atoms with E-state index < -0.39 is 0 Å². The molecule has 0 saturated carbocycles. The van der Waals surface area contributed by atoms with Gasteiger partial charge in [0.05, 0.1) is 5.69 Å². The molecule has 1 N–H and O–H groups in total. The number of rotatable bonds is 8. The maximum Gasteiger partial charge on any atom is 0.222 e. The van der Waals surface area contributed by atoms with Crippen molar-refractivity contribution >= 4 is 5.91 Å². The van der Waals surface area contributed by atoms with E-state index in [1.165, 1.54) is 29.8 Å². The molecule has 4 rings (SSSR count). The number of nitrogens with zero attached hydrogens (tertiary/aromatic N) is 3. The third-order valence-corrected chi connectivity index (χ3v) is 7.55. The molecular weight excluding hydrogens is 396 g/mol. The molecule has 32 heavy (non-hydrogen) atoms. The second-order valence-corrected chi connectivity index (χ2v) is 9.88. The molecule has 174 valence electrons. The van der Waals surface area contributed by atoms with Crippen molar-refractivity contribution in [2.45, 2.75) is 71.8 Å². The third-order valence-electron chi connectivity index (χ3n) is 7.55. The highest BCUT2D eigenvalue weighted by Gasteiger charge is 2.25. The number of likely N-dealkylation sites (tertiary alicyclic amines) is 2. The smallest absolute Gasteiger partial charge is 0.222 e. The SMILES string of the molecule is CCc1nc(CN2CCC(CCC(=O)N3CCC(Cc4ccccc4)CC3)CC2)c(C)[nH]1. The van der Waals surface area contributed by atoms with Crippen molar-refractivity contribution in [2.24, 2.45) is 11.8 Å². The first kappa shape index (κ1) is 23.0. The van der Waals surface area contributed by atoms with Crippen LogP contribution in [0.3, 0.4) is 0 Å². The number of piperidine rings is 2. The monoisotopic (exact) mass is 436 g/mol. The molecule has 2 aromatic rings. The molecule has 2 aliphatic heterocycles. The number of hydrogen-bond acceptors (Lipinski definition) is 3. The molecule has 0 spiro atoms. The number of carbonyl (C=O) groups is 1. The molecule has 2 fully saturated rings. The van der Waals surface area contributed by atoms with Crippen molar-refractivity contribution in [3.8, 4) is 0 Å². The number of aryl methyl sites for hydroxylation is 2. The molecule has 2 saturated heterocycles. The van der Waals surface area contributed by atoms with Gasteiger partial charge >= 0.3 is 0 Å². The summed E-state index contributed by atoms with van der Waals surface area (Å²) in [4.78, 5) is 25.6. The Hall–Kier alpha value is -2.14. The number of H-pyrrole nitrogens is 1. The van der Waals surface area contributed by atoms with Gasteiger partial charge in [0.25, 0.3) is 0 Å². The molecule has 1 amide bonds. The largest absolute Gasteiger partial charge is 0.346 e. The first-order chi connectivity index (χ1) is 15.6. The van der Waals surface area contributed by atoms with Crippen LogP contribution in [0, 0.1) is 18.8 Å². The minimum Gasteiger partial charge on any atom is -0.346 e. The van der Waals surface area contributed by atoms with E-state index >= 15 is 0 Å². The molecule has 5 nitrogen and oxygen atoms in total. The quantitative estimate of drug-likeness (QED) is 0.649. The summed E-state index contributed by atoms with van der Waals surface area (Å²) < 4.78 is 0. The third kappa shape index (κ3) is 6.22.